The predicted molar refractivity (Wildman–Crippen MR) is 133 cm³/mol. The molecule has 9 nitrogen and oxygen atoms in total. The van der Waals surface area contributed by atoms with E-state index in [0.29, 0.717) is 42.4 Å². The number of sulfone groups is 1. The smallest absolute Gasteiger partial charge is 0.227 e. The molecule has 0 radical (unpaired) electrons. The molecule has 0 unspecified atom stereocenters. The first-order valence-corrected chi connectivity index (χ1v) is 13.4. The molecule has 0 spiro atoms. The van der Waals surface area contributed by atoms with Gasteiger partial charge < -0.3 is 10.1 Å². The van der Waals surface area contributed by atoms with E-state index in [2.05, 4.69) is 31.4 Å². The lowest BCUT2D eigenvalue weighted by atomic mass is 10.1. The van der Waals surface area contributed by atoms with E-state index in [-0.39, 0.29) is 17.1 Å². The summed E-state index contributed by atoms with van der Waals surface area (Å²) < 4.78 is 31.0. The Morgan fingerprint density at radius 1 is 1.11 bits per heavy atom. The minimum Gasteiger partial charge on any atom is -0.493 e. The molecule has 1 aliphatic heterocycles. The summed E-state index contributed by atoms with van der Waals surface area (Å²) in [5.74, 6) is 2.39. The molecule has 180 valence electrons. The minimum absolute atomic E-state index is 0.129. The summed E-state index contributed by atoms with van der Waals surface area (Å²) in [4.78, 5) is 20.8. The maximum atomic E-state index is 12.7. The highest BCUT2D eigenvalue weighted by Gasteiger charge is 2.38. The average Bonchev–Trinajstić information content (AvgIpc) is 3.49. The first-order valence-electron chi connectivity index (χ1n) is 10.9. The van der Waals surface area contributed by atoms with Gasteiger partial charge in [-0.25, -0.2) is 13.4 Å². The highest BCUT2D eigenvalue weighted by molar-refractivity contribution is 7.91. The van der Waals surface area contributed by atoms with E-state index in [1.165, 1.54) is 23.5 Å². The number of thiazole rings is 1. The minimum atomic E-state index is -3.64. The van der Waals surface area contributed by atoms with Gasteiger partial charge in [0.25, 0.3) is 0 Å². The van der Waals surface area contributed by atoms with Crippen molar-refractivity contribution in [3.8, 4) is 29.4 Å². The van der Waals surface area contributed by atoms with Gasteiger partial charge in [-0.15, -0.1) is 23.7 Å². The van der Waals surface area contributed by atoms with Crippen molar-refractivity contribution in [3.05, 3.63) is 54.2 Å². The zero-order valence-electron chi connectivity index (χ0n) is 18.8. The third-order valence-corrected chi connectivity index (χ3v) is 7.82. The lowest BCUT2D eigenvalue weighted by Crippen LogP contribution is -2.17. The second-order valence-corrected chi connectivity index (χ2v) is 10.8. The Labute approximate surface area is 207 Å². The summed E-state index contributed by atoms with van der Waals surface area (Å²) in [7, 11) is -3.64. The van der Waals surface area contributed by atoms with Crippen LogP contribution in [0.4, 0.5) is 5.13 Å². The molecule has 4 rings (SSSR count). The summed E-state index contributed by atoms with van der Waals surface area (Å²) in [6, 6.07) is 9.78. The number of rotatable bonds is 12. The van der Waals surface area contributed by atoms with E-state index in [0.717, 1.165) is 5.56 Å². The number of hydrogen-bond donors (Lipinski definition) is 1. The van der Waals surface area contributed by atoms with Crippen molar-refractivity contribution in [2.75, 3.05) is 17.7 Å². The third kappa shape index (κ3) is 6.71. The average molecular weight is 510 g/mol. The molecule has 0 aliphatic carbocycles. The van der Waals surface area contributed by atoms with E-state index in [1.807, 2.05) is 17.5 Å². The van der Waals surface area contributed by atoms with Crippen LogP contribution in [0.15, 0.2) is 69.3 Å². The fraction of sp³-hybridized carbons (Fsp3) is 0.292. The maximum absolute atomic E-state index is 12.7. The maximum Gasteiger partial charge on any atom is 0.227 e. The van der Waals surface area contributed by atoms with Gasteiger partial charge in [-0.1, -0.05) is 0 Å². The molecule has 0 fully saturated rings. The Morgan fingerprint density at radius 3 is 2.54 bits per heavy atom. The SMILES string of the molecule is C#CCCC1(CCOc2ccc(S(=O)(=O)CCC(=O)Nc3nc(-c4ccncc4)cs3)cc2)N=N1. The summed E-state index contributed by atoms with van der Waals surface area (Å²) in [5, 5.41) is 13.0. The highest BCUT2D eigenvalue weighted by atomic mass is 32.2. The standard InChI is InChI=1S/C24H23N5O4S2/c1-2-3-11-24(28-29-24)12-15-33-19-4-6-20(7-5-19)35(31,32)16-10-22(30)27-23-26-21(17-34-23)18-8-13-25-14-9-18/h1,4-9,13-14,17H,3,10-12,15-16H2,(H,26,27,30). The summed E-state index contributed by atoms with van der Waals surface area (Å²) >= 11 is 1.27. The second kappa shape index (κ2) is 10.8. The lowest BCUT2D eigenvalue weighted by molar-refractivity contribution is -0.115. The van der Waals surface area contributed by atoms with Crippen LogP contribution in [0, 0.1) is 12.3 Å². The van der Waals surface area contributed by atoms with Gasteiger partial charge in [0.1, 0.15) is 5.75 Å². The van der Waals surface area contributed by atoms with E-state index < -0.39 is 21.4 Å². The Kier molecular flexibility index (Phi) is 7.53. The number of ether oxygens (including phenoxy) is 1. The Hall–Kier alpha value is -3.62. The molecular formula is C24H23N5O4S2. The summed E-state index contributed by atoms with van der Waals surface area (Å²) in [6.45, 7) is 0.392. The summed E-state index contributed by atoms with van der Waals surface area (Å²) in [6.07, 6.45) is 10.3. The monoisotopic (exact) mass is 509 g/mol. The van der Waals surface area contributed by atoms with Gasteiger partial charge in [-0.05, 0) is 36.4 Å². The number of aromatic nitrogens is 2. The van der Waals surface area contributed by atoms with Crippen molar-refractivity contribution in [2.24, 2.45) is 10.2 Å². The van der Waals surface area contributed by atoms with Crippen LogP contribution in [0.5, 0.6) is 5.75 Å². The number of anilines is 1. The highest BCUT2D eigenvalue weighted by Crippen LogP contribution is 2.36. The largest absolute Gasteiger partial charge is 0.493 e. The van der Waals surface area contributed by atoms with E-state index in [1.54, 1.807) is 24.5 Å². The molecule has 1 aliphatic rings. The van der Waals surface area contributed by atoms with Crippen molar-refractivity contribution < 1.29 is 17.9 Å². The number of nitrogens with zero attached hydrogens (tertiary/aromatic N) is 4. The Morgan fingerprint density at radius 2 is 1.86 bits per heavy atom. The van der Waals surface area contributed by atoms with E-state index in [9.17, 15) is 13.2 Å². The molecule has 1 N–H and O–H groups in total. The number of carbonyl (C=O) groups is 1. The van der Waals surface area contributed by atoms with Crippen LogP contribution in [0.1, 0.15) is 25.7 Å². The number of amides is 1. The van der Waals surface area contributed by atoms with Crippen molar-refractivity contribution in [3.63, 3.8) is 0 Å². The number of nitrogens with one attached hydrogen (secondary N) is 1. The molecule has 1 amide bonds. The van der Waals surface area contributed by atoms with Crippen LogP contribution < -0.4 is 10.1 Å². The number of carbonyl (C=O) groups excluding carboxylic acids is 1. The van der Waals surface area contributed by atoms with Gasteiger partial charge in [0.15, 0.2) is 20.6 Å². The van der Waals surface area contributed by atoms with Gasteiger partial charge in [0, 0.05) is 49.0 Å². The van der Waals surface area contributed by atoms with Gasteiger partial charge in [-0.2, -0.15) is 10.2 Å². The van der Waals surface area contributed by atoms with E-state index >= 15 is 0 Å². The van der Waals surface area contributed by atoms with Gasteiger partial charge >= 0.3 is 0 Å². The van der Waals surface area contributed by atoms with E-state index in [4.69, 9.17) is 11.2 Å². The van der Waals surface area contributed by atoms with Crippen LogP contribution in [0.25, 0.3) is 11.3 Å². The van der Waals surface area contributed by atoms with Crippen LogP contribution in [-0.4, -0.2) is 42.3 Å². The molecule has 35 heavy (non-hydrogen) atoms. The van der Waals surface area contributed by atoms with Crippen LogP contribution in [0.2, 0.25) is 0 Å². The fourth-order valence-electron chi connectivity index (χ4n) is 3.26. The molecule has 3 heterocycles. The number of hydrogen-bond acceptors (Lipinski definition) is 9. The topological polar surface area (TPSA) is 123 Å². The molecule has 1 aromatic carbocycles. The van der Waals surface area contributed by atoms with Gasteiger partial charge in [-0.3, -0.25) is 9.78 Å². The first-order chi connectivity index (χ1) is 16.9. The molecule has 11 heteroatoms. The van der Waals surface area contributed by atoms with Crippen molar-refractivity contribution in [1.82, 2.24) is 9.97 Å². The summed E-state index contributed by atoms with van der Waals surface area (Å²) in [5.41, 5.74) is 1.18. The molecule has 0 atom stereocenters. The van der Waals surface area contributed by atoms with Crippen molar-refractivity contribution in [2.45, 2.75) is 36.2 Å². The molecule has 0 saturated heterocycles. The van der Waals surface area contributed by atoms with Crippen LogP contribution >= 0.6 is 11.3 Å². The quantitative estimate of drug-likeness (QED) is 0.362. The molecule has 2 aromatic heterocycles. The van der Waals surface area contributed by atoms with Crippen molar-refractivity contribution in [1.29, 1.82) is 0 Å². The third-order valence-electron chi connectivity index (χ3n) is 5.33. The number of benzene rings is 1. The Bertz CT molecular complexity index is 1340. The number of pyridine rings is 1. The molecular weight excluding hydrogens is 486 g/mol. The molecule has 0 bridgehead atoms. The Balaban J connectivity index is 1.24. The molecule has 3 aromatic rings. The van der Waals surface area contributed by atoms with Crippen LogP contribution in [0.3, 0.4) is 0 Å². The predicted octanol–water partition coefficient (Wildman–Crippen LogP) is 4.35. The number of terminal acetylenes is 1. The lowest BCUT2D eigenvalue weighted by Gasteiger charge is -2.11. The normalized spacial score (nSPS) is 13.7. The van der Waals surface area contributed by atoms with Crippen molar-refractivity contribution >= 4 is 32.2 Å². The molecule has 0 saturated carbocycles. The zero-order valence-corrected chi connectivity index (χ0v) is 20.4. The second-order valence-electron chi connectivity index (χ2n) is 7.85. The van der Waals surface area contributed by atoms with Gasteiger partial charge in [0.05, 0.1) is 22.9 Å². The van der Waals surface area contributed by atoms with Gasteiger partial charge in [0.2, 0.25) is 5.91 Å². The van der Waals surface area contributed by atoms with Crippen LogP contribution in [-0.2, 0) is 14.6 Å². The first kappa shape index (κ1) is 24.5. The fourth-order valence-corrected chi connectivity index (χ4v) is 5.23. The zero-order chi connectivity index (χ0) is 24.7.